The standard InChI is InChI=1S/C28H31NO4/c1-17-8-6-7-9-21(17)25-24(27(31)33-16-19-10-12-20(32-5)13-11-19)18(2)29-22-14-28(3,4)15-23(30)26(22)25/h6-13,25,29H,14-16H2,1-5H3. The Morgan fingerprint density at radius 1 is 1.06 bits per heavy atom. The number of ketones is 1. The van der Waals surface area contributed by atoms with Crippen molar-refractivity contribution >= 4 is 11.8 Å². The molecule has 4 rings (SSSR count). The zero-order valence-electron chi connectivity index (χ0n) is 20.0. The fourth-order valence-electron chi connectivity index (χ4n) is 4.88. The van der Waals surface area contributed by atoms with Crippen LogP contribution in [0.3, 0.4) is 0 Å². The van der Waals surface area contributed by atoms with E-state index in [-0.39, 0.29) is 17.8 Å². The molecule has 1 unspecified atom stereocenters. The number of hydrogen-bond donors (Lipinski definition) is 1. The summed E-state index contributed by atoms with van der Waals surface area (Å²) in [5, 5.41) is 3.39. The number of ether oxygens (including phenoxy) is 2. The third kappa shape index (κ3) is 4.58. The van der Waals surface area contributed by atoms with Crippen molar-refractivity contribution in [1.82, 2.24) is 5.32 Å². The van der Waals surface area contributed by atoms with E-state index in [0.29, 0.717) is 17.6 Å². The average molecular weight is 446 g/mol. The minimum Gasteiger partial charge on any atom is -0.497 e. The van der Waals surface area contributed by atoms with Crippen molar-refractivity contribution in [3.63, 3.8) is 0 Å². The highest BCUT2D eigenvalue weighted by Crippen LogP contribution is 2.47. The Morgan fingerprint density at radius 3 is 2.42 bits per heavy atom. The van der Waals surface area contributed by atoms with Crippen LogP contribution in [-0.4, -0.2) is 18.9 Å². The van der Waals surface area contributed by atoms with Gasteiger partial charge in [-0.2, -0.15) is 0 Å². The summed E-state index contributed by atoms with van der Waals surface area (Å²) in [4.78, 5) is 26.8. The molecule has 0 spiro atoms. The molecule has 172 valence electrons. The minimum atomic E-state index is -0.436. The lowest BCUT2D eigenvalue weighted by Gasteiger charge is -2.39. The van der Waals surface area contributed by atoms with E-state index in [1.165, 1.54) is 0 Å². The molecule has 0 fully saturated rings. The normalized spacial score (nSPS) is 19.7. The van der Waals surface area contributed by atoms with Crippen molar-refractivity contribution < 1.29 is 19.1 Å². The fraction of sp³-hybridized carbons (Fsp3) is 0.357. The van der Waals surface area contributed by atoms with Gasteiger partial charge in [0.05, 0.1) is 12.7 Å². The van der Waals surface area contributed by atoms with Crippen molar-refractivity contribution in [2.75, 3.05) is 7.11 Å². The lowest BCUT2D eigenvalue weighted by atomic mass is 9.68. The first-order valence-corrected chi connectivity index (χ1v) is 11.3. The molecule has 0 saturated heterocycles. The van der Waals surface area contributed by atoms with Gasteiger partial charge in [0, 0.05) is 29.3 Å². The highest BCUT2D eigenvalue weighted by molar-refractivity contribution is 6.04. The molecule has 2 aliphatic rings. The number of rotatable bonds is 5. The first-order chi connectivity index (χ1) is 15.7. The molecule has 1 aliphatic carbocycles. The number of hydrogen-bond acceptors (Lipinski definition) is 5. The summed E-state index contributed by atoms with van der Waals surface area (Å²) in [6.45, 7) is 8.27. The second-order valence-electron chi connectivity index (χ2n) is 9.71. The van der Waals surface area contributed by atoms with Crippen LogP contribution in [0.5, 0.6) is 5.75 Å². The second kappa shape index (κ2) is 8.89. The molecule has 0 radical (unpaired) electrons. The first kappa shape index (κ1) is 22.8. The van der Waals surface area contributed by atoms with Crippen LogP contribution in [0.25, 0.3) is 0 Å². The predicted octanol–water partition coefficient (Wildman–Crippen LogP) is 5.35. The first-order valence-electron chi connectivity index (χ1n) is 11.3. The van der Waals surface area contributed by atoms with E-state index in [1.54, 1.807) is 7.11 Å². The van der Waals surface area contributed by atoms with Crippen LogP contribution >= 0.6 is 0 Å². The number of allylic oxidation sites excluding steroid dienone is 3. The summed E-state index contributed by atoms with van der Waals surface area (Å²) in [5.41, 5.74) is 5.63. The molecule has 5 heteroatoms. The highest BCUT2D eigenvalue weighted by atomic mass is 16.5. The zero-order valence-corrected chi connectivity index (χ0v) is 20.0. The van der Waals surface area contributed by atoms with Crippen molar-refractivity contribution in [2.45, 2.75) is 53.1 Å². The molecule has 2 aromatic carbocycles. The van der Waals surface area contributed by atoms with E-state index in [1.807, 2.05) is 62.4 Å². The van der Waals surface area contributed by atoms with Gasteiger partial charge in [-0.3, -0.25) is 4.79 Å². The number of aryl methyl sites for hydroxylation is 1. The number of methoxy groups -OCH3 is 1. The molecule has 1 heterocycles. The number of carbonyl (C=O) groups excluding carboxylic acids is 2. The monoisotopic (exact) mass is 445 g/mol. The maximum atomic E-state index is 13.4. The van der Waals surface area contributed by atoms with Gasteiger partial charge in [0.2, 0.25) is 0 Å². The van der Waals surface area contributed by atoms with Crippen molar-refractivity contribution in [3.8, 4) is 5.75 Å². The largest absolute Gasteiger partial charge is 0.497 e. The molecule has 33 heavy (non-hydrogen) atoms. The van der Waals surface area contributed by atoms with Crippen LogP contribution in [0.1, 0.15) is 56.2 Å². The summed E-state index contributed by atoms with van der Waals surface area (Å²) in [7, 11) is 1.61. The summed E-state index contributed by atoms with van der Waals surface area (Å²) in [6.07, 6.45) is 1.23. The van der Waals surface area contributed by atoms with E-state index in [2.05, 4.69) is 19.2 Å². The van der Waals surface area contributed by atoms with Crippen molar-refractivity contribution in [3.05, 3.63) is 87.8 Å². The van der Waals surface area contributed by atoms with E-state index in [4.69, 9.17) is 9.47 Å². The maximum absolute atomic E-state index is 13.4. The van der Waals surface area contributed by atoms with E-state index in [0.717, 1.165) is 40.3 Å². The van der Waals surface area contributed by atoms with Gasteiger partial charge in [0.1, 0.15) is 12.4 Å². The molecule has 1 atom stereocenters. The Kier molecular flexibility index (Phi) is 6.15. The van der Waals surface area contributed by atoms with E-state index < -0.39 is 11.9 Å². The zero-order chi connectivity index (χ0) is 23.8. The lowest BCUT2D eigenvalue weighted by molar-refractivity contribution is -0.140. The van der Waals surface area contributed by atoms with Crippen LogP contribution in [0.2, 0.25) is 0 Å². The topological polar surface area (TPSA) is 64.6 Å². The Morgan fingerprint density at radius 2 is 1.76 bits per heavy atom. The Hall–Kier alpha value is -3.34. The summed E-state index contributed by atoms with van der Waals surface area (Å²) in [5.74, 6) is -0.00411. The van der Waals surface area contributed by atoms with Crippen LogP contribution < -0.4 is 10.1 Å². The number of benzene rings is 2. The van der Waals surface area contributed by atoms with E-state index in [9.17, 15) is 9.59 Å². The van der Waals surface area contributed by atoms with Gasteiger partial charge in [-0.1, -0.05) is 50.2 Å². The number of carbonyl (C=O) groups is 2. The predicted molar refractivity (Wildman–Crippen MR) is 128 cm³/mol. The van der Waals surface area contributed by atoms with Gasteiger partial charge in [0.15, 0.2) is 5.78 Å². The molecule has 0 aromatic heterocycles. The molecular weight excluding hydrogens is 414 g/mol. The van der Waals surface area contributed by atoms with Gasteiger partial charge in [-0.05, 0) is 54.5 Å². The van der Waals surface area contributed by atoms with Gasteiger partial charge in [0.25, 0.3) is 0 Å². The average Bonchev–Trinajstić information content (AvgIpc) is 2.76. The van der Waals surface area contributed by atoms with Gasteiger partial charge in [-0.25, -0.2) is 4.79 Å². The molecule has 1 aliphatic heterocycles. The van der Waals surface area contributed by atoms with Crippen LogP contribution in [0.15, 0.2) is 71.1 Å². The fourth-order valence-corrected chi connectivity index (χ4v) is 4.88. The number of dihydropyridines is 1. The number of esters is 1. The third-order valence-corrected chi connectivity index (χ3v) is 6.49. The Bertz CT molecular complexity index is 1150. The van der Waals surface area contributed by atoms with E-state index >= 15 is 0 Å². The van der Waals surface area contributed by atoms with Crippen molar-refractivity contribution in [1.29, 1.82) is 0 Å². The highest BCUT2D eigenvalue weighted by Gasteiger charge is 2.43. The van der Waals surface area contributed by atoms with Crippen LogP contribution in [-0.2, 0) is 20.9 Å². The van der Waals surface area contributed by atoms with Gasteiger partial charge < -0.3 is 14.8 Å². The van der Waals surface area contributed by atoms with Crippen molar-refractivity contribution in [2.24, 2.45) is 5.41 Å². The second-order valence-corrected chi connectivity index (χ2v) is 9.71. The Labute approximate surface area is 195 Å². The third-order valence-electron chi connectivity index (χ3n) is 6.49. The molecule has 5 nitrogen and oxygen atoms in total. The quantitative estimate of drug-likeness (QED) is 0.629. The maximum Gasteiger partial charge on any atom is 0.337 e. The lowest BCUT2D eigenvalue weighted by Crippen LogP contribution is -2.38. The summed E-state index contributed by atoms with van der Waals surface area (Å²) < 4.78 is 10.9. The molecule has 0 amide bonds. The summed E-state index contributed by atoms with van der Waals surface area (Å²) in [6, 6.07) is 15.4. The van der Waals surface area contributed by atoms with Gasteiger partial charge >= 0.3 is 5.97 Å². The SMILES string of the molecule is COc1ccc(COC(=O)C2=C(C)NC3=C(C(=O)CC(C)(C)C3)C2c2ccccc2C)cc1. The summed E-state index contributed by atoms with van der Waals surface area (Å²) >= 11 is 0. The molecular formula is C28H31NO4. The van der Waals surface area contributed by atoms with Gasteiger partial charge in [-0.15, -0.1) is 0 Å². The smallest absolute Gasteiger partial charge is 0.337 e. The molecule has 0 saturated carbocycles. The number of Topliss-reactive ketones (excluding diaryl/α,β-unsaturated/α-hetero) is 1. The van der Waals surface area contributed by atoms with Crippen LogP contribution in [0, 0.1) is 12.3 Å². The Balaban J connectivity index is 1.70. The van der Waals surface area contributed by atoms with Crippen LogP contribution in [0.4, 0.5) is 0 Å². The molecule has 2 aromatic rings. The number of nitrogens with one attached hydrogen (secondary N) is 1. The molecule has 0 bridgehead atoms. The minimum absolute atomic E-state index is 0.0926. The molecule has 1 N–H and O–H groups in total.